The monoisotopic (exact) mass is 276 g/mol. The molecule has 5 heteroatoms. The number of ether oxygens (including phenoxy) is 1. The molecule has 0 bridgehead atoms. The van der Waals surface area contributed by atoms with Crippen LogP contribution < -0.4 is 15.0 Å². The van der Waals surface area contributed by atoms with Crippen molar-refractivity contribution in [1.82, 2.24) is 5.32 Å². The van der Waals surface area contributed by atoms with Gasteiger partial charge in [0.1, 0.15) is 18.3 Å². The summed E-state index contributed by atoms with van der Waals surface area (Å²) in [5, 5.41) is 2.75. The number of hydrogen-bond acceptors (Lipinski definition) is 3. The first-order chi connectivity index (χ1) is 9.56. The van der Waals surface area contributed by atoms with Crippen LogP contribution in [0.2, 0.25) is 0 Å². The van der Waals surface area contributed by atoms with Crippen molar-refractivity contribution in [2.75, 3.05) is 18.6 Å². The fourth-order valence-electron chi connectivity index (χ4n) is 2.41. The number of benzene rings is 1. The second-order valence-corrected chi connectivity index (χ2v) is 5.01. The summed E-state index contributed by atoms with van der Waals surface area (Å²) in [6.07, 6.45) is 1.49. The van der Waals surface area contributed by atoms with E-state index in [4.69, 9.17) is 4.74 Å². The van der Waals surface area contributed by atoms with Gasteiger partial charge < -0.3 is 10.1 Å². The average molecular weight is 276 g/mol. The van der Waals surface area contributed by atoms with Gasteiger partial charge in [-0.15, -0.1) is 0 Å². The molecule has 0 saturated carbocycles. The molecule has 0 aromatic heterocycles. The van der Waals surface area contributed by atoms with Crippen molar-refractivity contribution < 1.29 is 14.3 Å². The van der Waals surface area contributed by atoms with Crippen LogP contribution in [-0.4, -0.2) is 31.5 Å². The van der Waals surface area contributed by atoms with E-state index in [0.29, 0.717) is 17.9 Å². The SMILES string of the molecule is CCCC1NC(=O)CN(c2cc(C)ccc2OC)C1=O. The van der Waals surface area contributed by atoms with Crippen molar-refractivity contribution in [1.29, 1.82) is 0 Å². The number of aryl methyl sites for hydroxylation is 1. The number of rotatable bonds is 4. The Kier molecular flexibility index (Phi) is 4.27. The van der Waals surface area contributed by atoms with Crippen molar-refractivity contribution in [3.63, 3.8) is 0 Å². The smallest absolute Gasteiger partial charge is 0.250 e. The maximum Gasteiger partial charge on any atom is 0.250 e. The summed E-state index contributed by atoms with van der Waals surface area (Å²) in [4.78, 5) is 25.8. The number of piperazine rings is 1. The lowest BCUT2D eigenvalue weighted by atomic mass is 10.1. The molecule has 2 amide bonds. The molecule has 1 fully saturated rings. The standard InChI is InChI=1S/C15H20N2O3/c1-4-5-11-15(19)17(9-14(18)16-11)12-8-10(2)6-7-13(12)20-3/h6-8,11H,4-5,9H2,1-3H3,(H,16,18). The topological polar surface area (TPSA) is 58.6 Å². The molecule has 0 spiro atoms. The van der Waals surface area contributed by atoms with Crippen molar-refractivity contribution in [2.45, 2.75) is 32.7 Å². The van der Waals surface area contributed by atoms with E-state index in [-0.39, 0.29) is 18.4 Å². The molecule has 1 atom stereocenters. The normalized spacial score (nSPS) is 18.9. The zero-order valence-electron chi connectivity index (χ0n) is 12.1. The van der Waals surface area contributed by atoms with E-state index in [2.05, 4.69) is 5.32 Å². The van der Waals surface area contributed by atoms with Crippen LogP contribution in [0.3, 0.4) is 0 Å². The maximum absolute atomic E-state index is 12.5. The predicted molar refractivity (Wildman–Crippen MR) is 76.9 cm³/mol. The second-order valence-electron chi connectivity index (χ2n) is 5.01. The summed E-state index contributed by atoms with van der Waals surface area (Å²) >= 11 is 0. The highest BCUT2D eigenvalue weighted by Crippen LogP contribution is 2.30. The van der Waals surface area contributed by atoms with Crippen molar-refractivity contribution >= 4 is 17.5 Å². The molecule has 1 N–H and O–H groups in total. The minimum Gasteiger partial charge on any atom is -0.495 e. The lowest BCUT2D eigenvalue weighted by molar-refractivity contribution is -0.131. The van der Waals surface area contributed by atoms with E-state index in [1.807, 2.05) is 32.0 Å². The van der Waals surface area contributed by atoms with Crippen LogP contribution in [0.15, 0.2) is 18.2 Å². The molecule has 5 nitrogen and oxygen atoms in total. The zero-order chi connectivity index (χ0) is 14.7. The minimum absolute atomic E-state index is 0.0405. The third-order valence-electron chi connectivity index (χ3n) is 3.40. The van der Waals surface area contributed by atoms with Gasteiger partial charge in [0, 0.05) is 0 Å². The summed E-state index contributed by atoms with van der Waals surface area (Å²) in [6, 6.07) is 5.17. The minimum atomic E-state index is -0.438. The van der Waals surface area contributed by atoms with Gasteiger partial charge in [-0.05, 0) is 31.0 Å². The summed E-state index contributed by atoms with van der Waals surface area (Å²) in [6.45, 7) is 3.98. The molecule has 2 rings (SSSR count). The van der Waals surface area contributed by atoms with Gasteiger partial charge in [0.15, 0.2) is 0 Å². The van der Waals surface area contributed by atoms with Gasteiger partial charge in [-0.25, -0.2) is 0 Å². The Labute approximate surface area is 118 Å². The zero-order valence-corrected chi connectivity index (χ0v) is 12.1. The van der Waals surface area contributed by atoms with Crippen LogP contribution in [0.1, 0.15) is 25.3 Å². The number of nitrogens with zero attached hydrogens (tertiary/aromatic N) is 1. The Bertz CT molecular complexity index is 528. The second kappa shape index (κ2) is 5.94. The summed E-state index contributed by atoms with van der Waals surface area (Å²) in [5.74, 6) is 0.399. The van der Waals surface area contributed by atoms with E-state index < -0.39 is 6.04 Å². The molecule has 1 saturated heterocycles. The summed E-state index contributed by atoms with van der Waals surface area (Å²) < 4.78 is 5.31. The third-order valence-corrected chi connectivity index (χ3v) is 3.40. The Hall–Kier alpha value is -2.04. The Morgan fingerprint density at radius 2 is 2.15 bits per heavy atom. The highest BCUT2D eigenvalue weighted by Gasteiger charge is 2.34. The lowest BCUT2D eigenvalue weighted by Crippen LogP contribution is -2.58. The number of carbonyl (C=O) groups is 2. The van der Waals surface area contributed by atoms with Gasteiger partial charge in [0.05, 0.1) is 12.8 Å². The molecule has 0 radical (unpaired) electrons. The maximum atomic E-state index is 12.5. The molecule has 1 aromatic carbocycles. The van der Waals surface area contributed by atoms with E-state index in [1.54, 1.807) is 7.11 Å². The first kappa shape index (κ1) is 14.4. The van der Waals surface area contributed by atoms with Gasteiger partial charge in [0.25, 0.3) is 0 Å². The van der Waals surface area contributed by atoms with Crippen LogP contribution >= 0.6 is 0 Å². The number of amides is 2. The highest BCUT2D eigenvalue weighted by atomic mass is 16.5. The molecule has 1 aliphatic rings. The fraction of sp³-hybridized carbons (Fsp3) is 0.467. The molecule has 1 aromatic rings. The van der Waals surface area contributed by atoms with E-state index in [9.17, 15) is 9.59 Å². The number of anilines is 1. The average Bonchev–Trinajstić information content (AvgIpc) is 2.42. The van der Waals surface area contributed by atoms with Crippen LogP contribution in [0, 0.1) is 6.92 Å². The van der Waals surface area contributed by atoms with Crippen LogP contribution in [0.4, 0.5) is 5.69 Å². The van der Waals surface area contributed by atoms with Gasteiger partial charge in [0.2, 0.25) is 11.8 Å². The van der Waals surface area contributed by atoms with Crippen molar-refractivity contribution in [2.24, 2.45) is 0 Å². The van der Waals surface area contributed by atoms with E-state index in [1.165, 1.54) is 4.90 Å². The molecule has 1 unspecified atom stereocenters. The molecular weight excluding hydrogens is 256 g/mol. The van der Waals surface area contributed by atoms with Crippen LogP contribution in [-0.2, 0) is 9.59 Å². The number of carbonyl (C=O) groups excluding carboxylic acids is 2. The molecule has 20 heavy (non-hydrogen) atoms. The van der Waals surface area contributed by atoms with E-state index in [0.717, 1.165) is 12.0 Å². The van der Waals surface area contributed by atoms with Crippen LogP contribution in [0.5, 0.6) is 5.75 Å². The first-order valence-electron chi connectivity index (χ1n) is 6.82. The first-order valence-corrected chi connectivity index (χ1v) is 6.82. The van der Waals surface area contributed by atoms with Crippen molar-refractivity contribution in [3.05, 3.63) is 23.8 Å². The Morgan fingerprint density at radius 3 is 2.80 bits per heavy atom. The Balaban J connectivity index is 2.37. The molecule has 0 aliphatic carbocycles. The fourth-order valence-corrected chi connectivity index (χ4v) is 2.41. The summed E-state index contributed by atoms with van der Waals surface area (Å²) in [7, 11) is 1.56. The molecule has 1 aliphatic heterocycles. The van der Waals surface area contributed by atoms with Gasteiger partial charge in [-0.3, -0.25) is 14.5 Å². The quantitative estimate of drug-likeness (QED) is 0.909. The van der Waals surface area contributed by atoms with Gasteiger partial charge in [-0.2, -0.15) is 0 Å². The van der Waals surface area contributed by atoms with Crippen LogP contribution in [0.25, 0.3) is 0 Å². The Morgan fingerprint density at radius 1 is 1.40 bits per heavy atom. The number of nitrogens with one attached hydrogen (secondary N) is 1. The highest BCUT2D eigenvalue weighted by molar-refractivity contribution is 6.07. The third kappa shape index (κ3) is 2.76. The number of hydrogen-bond donors (Lipinski definition) is 1. The molecule has 108 valence electrons. The molecular formula is C15H20N2O3. The lowest BCUT2D eigenvalue weighted by Gasteiger charge is -2.33. The van der Waals surface area contributed by atoms with Gasteiger partial charge in [-0.1, -0.05) is 19.4 Å². The van der Waals surface area contributed by atoms with Crippen molar-refractivity contribution in [3.8, 4) is 5.75 Å². The number of methoxy groups -OCH3 is 1. The van der Waals surface area contributed by atoms with Gasteiger partial charge >= 0.3 is 0 Å². The van der Waals surface area contributed by atoms with E-state index >= 15 is 0 Å². The largest absolute Gasteiger partial charge is 0.495 e. The predicted octanol–water partition coefficient (Wildman–Crippen LogP) is 1.64. The summed E-state index contributed by atoms with van der Waals surface area (Å²) in [5.41, 5.74) is 1.68. The molecule has 1 heterocycles.